The molecule has 0 aliphatic heterocycles. The monoisotopic (exact) mass is 239 g/mol. The van der Waals surface area contributed by atoms with Crippen LogP contribution >= 0.6 is 0 Å². The van der Waals surface area contributed by atoms with Crippen LogP contribution < -0.4 is 5.32 Å². The number of hydrogen-bond acceptors (Lipinski definition) is 2. The van der Waals surface area contributed by atoms with Crippen LogP contribution in [0.4, 0.5) is 0 Å². The number of ether oxygens (including phenoxy) is 1. The van der Waals surface area contributed by atoms with Crippen molar-refractivity contribution in [2.24, 2.45) is 17.8 Å². The van der Waals surface area contributed by atoms with Gasteiger partial charge < -0.3 is 10.1 Å². The number of nitrogens with one attached hydrogen (secondary N) is 1. The average Bonchev–Trinajstić information content (AvgIpc) is 2.96. The van der Waals surface area contributed by atoms with Gasteiger partial charge in [-0.2, -0.15) is 0 Å². The predicted molar refractivity (Wildman–Crippen MR) is 72.1 cm³/mol. The predicted octanol–water partition coefficient (Wildman–Crippen LogP) is 3.22. The molecule has 2 fully saturated rings. The number of fused-ring (bicyclic) bond motifs is 2. The fourth-order valence-electron chi connectivity index (χ4n) is 3.98. The molecule has 2 aliphatic carbocycles. The number of rotatable bonds is 7. The Kier molecular flexibility index (Phi) is 4.87. The molecule has 0 spiro atoms. The Labute approximate surface area is 107 Å². The van der Waals surface area contributed by atoms with E-state index in [-0.39, 0.29) is 0 Å². The van der Waals surface area contributed by atoms with Crippen LogP contribution in [0.15, 0.2) is 0 Å². The van der Waals surface area contributed by atoms with Gasteiger partial charge in [0, 0.05) is 13.2 Å². The third kappa shape index (κ3) is 3.23. The smallest absolute Gasteiger partial charge is 0.0558 e. The van der Waals surface area contributed by atoms with Crippen molar-refractivity contribution >= 4 is 0 Å². The Balaban J connectivity index is 1.89. The summed E-state index contributed by atoms with van der Waals surface area (Å²) in [6.07, 6.45) is 8.79. The van der Waals surface area contributed by atoms with Gasteiger partial charge in [0.05, 0.1) is 6.10 Å². The first-order valence-electron chi connectivity index (χ1n) is 7.50. The maximum absolute atomic E-state index is 5.46. The molecule has 2 saturated carbocycles. The van der Waals surface area contributed by atoms with Crippen LogP contribution in [0.2, 0.25) is 0 Å². The van der Waals surface area contributed by atoms with E-state index in [0.29, 0.717) is 12.1 Å². The largest absolute Gasteiger partial charge is 0.382 e. The molecule has 2 aliphatic rings. The van der Waals surface area contributed by atoms with E-state index in [1.165, 1.54) is 38.5 Å². The molecule has 100 valence electrons. The van der Waals surface area contributed by atoms with Gasteiger partial charge in [0.2, 0.25) is 0 Å². The highest BCUT2D eigenvalue weighted by Gasteiger charge is 2.42. The fraction of sp³-hybridized carbons (Fsp3) is 1.00. The van der Waals surface area contributed by atoms with E-state index in [0.717, 1.165) is 24.3 Å². The molecule has 0 saturated heterocycles. The van der Waals surface area contributed by atoms with E-state index >= 15 is 0 Å². The van der Waals surface area contributed by atoms with Crippen LogP contribution in [0.1, 0.15) is 52.4 Å². The topological polar surface area (TPSA) is 21.3 Å². The van der Waals surface area contributed by atoms with Gasteiger partial charge in [-0.05, 0) is 63.3 Å². The van der Waals surface area contributed by atoms with E-state index in [1.54, 1.807) is 0 Å². The molecule has 2 rings (SSSR count). The first-order chi connectivity index (χ1) is 8.24. The van der Waals surface area contributed by atoms with Crippen molar-refractivity contribution in [2.75, 3.05) is 13.7 Å². The van der Waals surface area contributed by atoms with Crippen LogP contribution in [0, 0.1) is 17.8 Å². The van der Waals surface area contributed by atoms with Crippen molar-refractivity contribution in [1.82, 2.24) is 5.32 Å². The molecule has 0 aromatic rings. The third-order valence-corrected chi connectivity index (χ3v) is 4.95. The lowest BCUT2D eigenvalue weighted by molar-refractivity contribution is 0.0849. The van der Waals surface area contributed by atoms with Crippen LogP contribution in [-0.4, -0.2) is 25.8 Å². The van der Waals surface area contributed by atoms with E-state index in [9.17, 15) is 0 Å². The van der Waals surface area contributed by atoms with Crippen LogP contribution in [0.25, 0.3) is 0 Å². The summed E-state index contributed by atoms with van der Waals surface area (Å²) >= 11 is 0. The van der Waals surface area contributed by atoms with Gasteiger partial charge in [-0.3, -0.25) is 0 Å². The maximum atomic E-state index is 5.46. The number of methoxy groups -OCH3 is 1. The number of hydrogen-bond donors (Lipinski definition) is 1. The SMILES string of the molecule is CCCNC(CC(C)OC)C1CC2CCC1C2. The third-order valence-electron chi connectivity index (χ3n) is 4.95. The van der Waals surface area contributed by atoms with E-state index in [4.69, 9.17) is 4.74 Å². The van der Waals surface area contributed by atoms with Gasteiger partial charge >= 0.3 is 0 Å². The van der Waals surface area contributed by atoms with E-state index < -0.39 is 0 Å². The highest BCUT2D eigenvalue weighted by atomic mass is 16.5. The fourth-order valence-corrected chi connectivity index (χ4v) is 3.98. The minimum Gasteiger partial charge on any atom is -0.382 e. The molecule has 5 atom stereocenters. The van der Waals surface area contributed by atoms with Crippen LogP contribution in [-0.2, 0) is 4.74 Å². The Morgan fingerprint density at radius 3 is 2.65 bits per heavy atom. The zero-order chi connectivity index (χ0) is 12.3. The maximum Gasteiger partial charge on any atom is 0.0558 e. The lowest BCUT2D eigenvalue weighted by Crippen LogP contribution is -2.41. The molecule has 1 N–H and O–H groups in total. The van der Waals surface area contributed by atoms with Crippen LogP contribution in [0.5, 0.6) is 0 Å². The summed E-state index contributed by atoms with van der Waals surface area (Å²) < 4.78 is 5.46. The molecule has 17 heavy (non-hydrogen) atoms. The van der Waals surface area contributed by atoms with Gasteiger partial charge in [-0.1, -0.05) is 13.3 Å². The van der Waals surface area contributed by atoms with Gasteiger partial charge in [-0.25, -0.2) is 0 Å². The molecular formula is C15H29NO. The summed E-state index contributed by atoms with van der Waals surface area (Å²) in [6.45, 7) is 5.62. The quantitative estimate of drug-likeness (QED) is 0.736. The molecule has 2 heteroatoms. The molecular weight excluding hydrogens is 210 g/mol. The first-order valence-corrected chi connectivity index (χ1v) is 7.50. The molecule has 0 heterocycles. The summed E-state index contributed by atoms with van der Waals surface area (Å²) in [4.78, 5) is 0. The Hall–Kier alpha value is -0.0800. The summed E-state index contributed by atoms with van der Waals surface area (Å²) in [5.74, 6) is 2.99. The minimum atomic E-state index is 0.392. The van der Waals surface area contributed by atoms with Crippen molar-refractivity contribution in [1.29, 1.82) is 0 Å². The van der Waals surface area contributed by atoms with Crippen molar-refractivity contribution in [3.05, 3.63) is 0 Å². The summed E-state index contributed by atoms with van der Waals surface area (Å²) in [5, 5.41) is 3.78. The lowest BCUT2D eigenvalue weighted by Gasteiger charge is -2.32. The van der Waals surface area contributed by atoms with Gasteiger partial charge in [0.25, 0.3) is 0 Å². The molecule has 0 radical (unpaired) electrons. The summed E-state index contributed by atoms with van der Waals surface area (Å²) in [6, 6.07) is 0.695. The normalized spacial score (nSPS) is 35.1. The second kappa shape index (κ2) is 6.19. The highest BCUT2D eigenvalue weighted by molar-refractivity contribution is 4.95. The van der Waals surface area contributed by atoms with Gasteiger partial charge in [0.1, 0.15) is 0 Å². The second-order valence-corrected chi connectivity index (χ2v) is 6.18. The zero-order valence-electron chi connectivity index (χ0n) is 11.7. The van der Waals surface area contributed by atoms with Gasteiger partial charge in [0.15, 0.2) is 0 Å². The van der Waals surface area contributed by atoms with Crippen molar-refractivity contribution in [3.8, 4) is 0 Å². The molecule has 5 unspecified atom stereocenters. The standard InChI is InChI=1S/C15H29NO/c1-4-7-16-15(8-11(2)17-3)14-10-12-5-6-13(14)9-12/h11-16H,4-10H2,1-3H3. The summed E-state index contributed by atoms with van der Waals surface area (Å²) in [5.41, 5.74) is 0. The molecule has 0 aromatic carbocycles. The second-order valence-electron chi connectivity index (χ2n) is 6.18. The van der Waals surface area contributed by atoms with Gasteiger partial charge in [-0.15, -0.1) is 0 Å². The molecule has 0 amide bonds. The van der Waals surface area contributed by atoms with E-state index in [1.807, 2.05) is 7.11 Å². The summed E-state index contributed by atoms with van der Waals surface area (Å²) in [7, 11) is 1.84. The molecule has 2 bridgehead atoms. The van der Waals surface area contributed by atoms with E-state index in [2.05, 4.69) is 19.2 Å². The minimum absolute atomic E-state index is 0.392. The molecule has 2 nitrogen and oxygen atoms in total. The Morgan fingerprint density at radius 2 is 2.12 bits per heavy atom. The molecule has 0 aromatic heterocycles. The highest BCUT2D eigenvalue weighted by Crippen LogP contribution is 2.50. The Bertz CT molecular complexity index is 231. The van der Waals surface area contributed by atoms with Crippen molar-refractivity contribution < 1.29 is 4.74 Å². The van der Waals surface area contributed by atoms with Crippen molar-refractivity contribution in [3.63, 3.8) is 0 Å². The lowest BCUT2D eigenvalue weighted by atomic mass is 9.81. The Morgan fingerprint density at radius 1 is 1.29 bits per heavy atom. The van der Waals surface area contributed by atoms with Crippen LogP contribution in [0.3, 0.4) is 0 Å². The zero-order valence-corrected chi connectivity index (χ0v) is 11.7. The average molecular weight is 239 g/mol. The first kappa shape index (κ1) is 13.4. The van der Waals surface area contributed by atoms with Crippen molar-refractivity contribution in [2.45, 2.75) is 64.5 Å².